The summed E-state index contributed by atoms with van der Waals surface area (Å²) in [5.74, 6) is 2.12. The number of hydrogen-bond donors (Lipinski definition) is 2. The Morgan fingerprint density at radius 1 is 1.25 bits per heavy atom. The van der Waals surface area contributed by atoms with Crippen LogP contribution in [-0.4, -0.2) is 37.2 Å². The van der Waals surface area contributed by atoms with Crippen LogP contribution in [0.2, 0.25) is 0 Å². The van der Waals surface area contributed by atoms with Gasteiger partial charge in [-0.1, -0.05) is 12.8 Å². The molecule has 0 aromatic heterocycles. The minimum Gasteiger partial charge on any atom is -0.491 e. The van der Waals surface area contributed by atoms with Crippen LogP contribution in [0.25, 0.3) is 0 Å². The highest BCUT2D eigenvalue weighted by Crippen LogP contribution is 2.35. The molecule has 2 aliphatic rings. The molecule has 0 spiro atoms. The first-order chi connectivity index (χ1) is 9.81. The highest BCUT2D eigenvalue weighted by atomic mass is 16.7. The summed E-state index contributed by atoms with van der Waals surface area (Å²) in [6.45, 7) is 1.11. The molecule has 5 heteroatoms. The lowest BCUT2D eigenvalue weighted by molar-refractivity contribution is 0.103. The molecule has 2 N–H and O–H groups in total. The molecule has 5 nitrogen and oxygen atoms in total. The Morgan fingerprint density at radius 2 is 2.05 bits per heavy atom. The van der Waals surface area contributed by atoms with Crippen LogP contribution in [0.15, 0.2) is 18.2 Å². The van der Waals surface area contributed by atoms with E-state index in [1.807, 2.05) is 12.1 Å². The predicted molar refractivity (Wildman–Crippen MR) is 74.3 cm³/mol. The molecule has 1 aromatic rings. The van der Waals surface area contributed by atoms with E-state index in [0.717, 1.165) is 5.75 Å². The van der Waals surface area contributed by atoms with Gasteiger partial charge < -0.3 is 24.6 Å². The summed E-state index contributed by atoms with van der Waals surface area (Å²) in [6, 6.07) is 6.00. The van der Waals surface area contributed by atoms with Gasteiger partial charge in [0.2, 0.25) is 6.79 Å². The summed E-state index contributed by atoms with van der Waals surface area (Å²) in [6.07, 6.45) is 4.52. The fourth-order valence-electron chi connectivity index (χ4n) is 2.65. The van der Waals surface area contributed by atoms with Crippen LogP contribution in [-0.2, 0) is 0 Å². The Hall–Kier alpha value is -1.46. The van der Waals surface area contributed by atoms with Crippen LogP contribution in [0.4, 0.5) is 0 Å². The van der Waals surface area contributed by atoms with E-state index in [9.17, 15) is 5.11 Å². The Kier molecular flexibility index (Phi) is 4.28. The number of rotatable bonds is 6. The average Bonchev–Trinajstić information content (AvgIpc) is 3.13. The predicted octanol–water partition coefficient (Wildman–Crippen LogP) is 1.69. The molecule has 1 aromatic carbocycles. The van der Waals surface area contributed by atoms with Gasteiger partial charge in [-0.2, -0.15) is 0 Å². The second kappa shape index (κ2) is 6.33. The van der Waals surface area contributed by atoms with Crippen molar-refractivity contribution in [2.45, 2.75) is 37.8 Å². The molecule has 20 heavy (non-hydrogen) atoms. The van der Waals surface area contributed by atoms with E-state index in [1.54, 1.807) is 6.07 Å². The fraction of sp³-hybridized carbons (Fsp3) is 0.600. The summed E-state index contributed by atoms with van der Waals surface area (Å²) in [7, 11) is 0. The molecule has 1 saturated carbocycles. The highest BCUT2D eigenvalue weighted by molar-refractivity contribution is 5.46. The number of fused-ring (bicyclic) bond motifs is 1. The maximum Gasteiger partial charge on any atom is 0.231 e. The molecule has 110 valence electrons. The van der Waals surface area contributed by atoms with Crippen LogP contribution in [0.1, 0.15) is 25.7 Å². The van der Waals surface area contributed by atoms with Crippen molar-refractivity contribution in [1.29, 1.82) is 0 Å². The average molecular weight is 279 g/mol. The first-order valence-electron chi connectivity index (χ1n) is 7.25. The SMILES string of the molecule is OC(CNC1CCCC1)COc1ccc2c(c1)OCO2. The van der Waals surface area contributed by atoms with Gasteiger partial charge >= 0.3 is 0 Å². The van der Waals surface area contributed by atoms with Gasteiger partial charge in [0.25, 0.3) is 0 Å². The largest absolute Gasteiger partial charge is 0.491 e. The number of benzene rings is 1. The second-order valence-electron chi connectivity index (χ2n) is 5.37. The third-order valence-electron chi connectivity index (χ3n) is 3.78. The van der Waals surface area contributed by atoms with Gasteiger partial charge in [-0.15, -0.1) is 0 Å². The van der Waals surface area contributed by atoms with Crippen LogP contribution in [0.5, 0.6) is 17.2 Å². The minimum atomic E-state index is -0.499. The molecule has 1 unspecified atom stereocenters. The van der Waals surface area contributed by atoms with E-state index in [0.29, 0.717) is 24.1 Å². The van der Waals surface area contributed by atoms with Gasteiger partial charge in [0.15, 0.2) is 11.5 Å². The van der Waals surface area contributed by atoms with E-state index >= 15 is 0 Å². The normalized spacial score (nSPS) is 19.2. The quantitative estimate of drug-likeness (QED) is 0.830. The third kappa shape index (κ3) is 3.35. The number of aliphatic hydroxyl groups is 1. The van der Waals surface area contributed by atoms with Crippen molar-refractivity contribution >= 4 is 0 Å². The van der Waals surface area contributed by atoms with Crippen molar-refractivity contribution in [3.05, 3.63) is 18.2 Å². The first-order valence-corrected chi connectivity index (χ1v) is 7.25. The molecule has 0 amide bonds. The van der Waals surface area contributed by atoms with E-state index in [-0.39, 0.29) is 13.4 Å². The zero-order valence-corrected chi connectivity index (χ0v) is 11.5. The summed E-state index contributed by atoms with van der Waals surface area (Å²) in [5, 5.41) is 13.3. The molecule has 0 bridgehead atoms. The summed E-state index contributed by atoms with van der Waals surface area (Å²) in [4.78, 5) is 0. The standard InChI is InChI=1S/C15H21NO4/c17-12(8-16-11-3-1-2-4-11)9-18-13-5-6-14-15(7-13)20-10-19-14/h5-7,11-12,16-17H,1-4,8-10H2. The van der Waals surface area contributed by atoms with Crippen LogP contribution in [0.3, 0.4) is 0 Å². The van der Waals surface area contributed by atoms with Gasteiger partial charge in [0, 0.05) is 18.7 Å². The Balaban J connectivity index is 1.41. The lowest BCUT2D eigenvalue weighted by atomic mass is 10.2. The topological polar surface area (TPSA) is 60.0 Å². The second-order valence-corrected chi connectivity index (χ2v) is 5.37. The van der Waals surface area contributed by atoms with E-state index in [1.165, 1.54) is 25.7 Å². The molecular weight excluding hydrogens is 258 g/mol. The summed E-state index contributed by atoms with van der Waals surface area (Å²) in [5.41, 5.74) is 0. The number of aliphatic hydroxyl groups excluding tert-OH is 1. The molecule has 1 fully saturated rings. The molecule has 1 heterocycles. The van der Waals surface area contributed by atoms with Crippen molar-refractivity contribution in [2.24, 2.45) is 0 Å². The molecule has 1 atom stereocenters. The molecule has 0 saturated heterocycles. The number of nitrogens with one attached hydrogen (secondary N) is 1. The van der Waals surface area contributed by atoms with Crippen molar-refractivity contribution in [2.75, 3.05) is 19.9 Å². The van der Waals surface area contributed by atoms with Crippen LogP contribution in [0, 0.1) is 0 Å². The monoisotopic (exact) mass is 279 g/mol. The van der Waals surface area contributed by atoms with Gasteiger partial charge in [-0.05, 0) is 25.0 Å². The first kappa shape index (κ1) is 13.5. The minimum absolute atomic E-state index is 0.257. The van der Waals surface area contributed by atoms with Crippen molar-refractivity contribution < 1.29 is 19.3 Å². The van der Waals surface area contributed by atoms with Gasteiger partial charge in [0.1, 0.15) is 18.5 Å². The third-order valence-corrected chi connectivity index (χ3v) is 3.78. The Bertz CT molecular complexity index is 445. The highest BCUT2D eigenvalue weighted by Gasteiger charge is 2.17. The molecule has 1 aliphatic heterocycles. The molecule has 0 radical (unpaired) electrons. The Morgan fingerprint density at radius 3 is 2.90 bits per heavy atom. The van der Waals surface area contributed by atoms with Crippen LogP contribution < -0.4 is 19.5 Å². The smallest absolute Gasteiger partial charge is 0.231 e. The fourth-order valence-corrected chi connectivity index (χ4v) is 2.65. The zero-order valence-electron chi connectivity index (χ0n) is 11.5. The van der Waals surface area contributed by atoms with Crippen molar-refractivity contribution in [1.82, 2.24) is 5.32 Å². The summed E-state index contributed by atoms with van der Waals surface area (Å²) >= 11 is 0. The van der Waals surface area contributed by atoms with Gasteiger partial charge in [-0.25, -0.2) is 0 Å². The van der Waals surface area contributed by atoms with Crippen LogP contribution >= 0.6 is 0 Å². The maximum atomic E-state index is 9.92. The Labute approximate surface area is 118 Å². The van der Waals surface area contributed by atoms with E-state index < -0.39 is 6.10 Å². The van der Waals surface area contributed by atoms with E-state index in [4.69, 9.17) is 14.2 Å². The van der Waals surface area contributed by atoms with Crippen molar-refractivity contribution in [3.8, 4) is 17.2 Å². The van der Waals surface area contributed by atoms with Gasteiger partial charge in [0.05, 0.1) is 0 Å². The molecular formula is C15H21NO4. The zero-order chi connectivity index (χ0) is 13.8. The lowest BCUT2D eigenvalue weighted by Gasteiger charge is -2.16. The van der Waals surface area contributed by atoms with Crippen molar-refractivity contribution in [3.63, 3.8) is 0 Å². The maximum absolute atomic E-state index is 9.92. The number of ether oxygens (including phenoxy) is 3. The summed E-state index contributed by atoms with van der Waals surface area (Å²) < 4.78 is 16.1. The number of hydrogen-bond acceptors (Lipinski definition) is 5. The van der Waals surface area contributed by atoms with E-state index in [2.05, 4.69) is 5.32 Å². The van der Waals surface area contributed by atoms with Gasteiger partial charge in [-0.3, -0.25) is 0 Å². The molecule has 1 aliphatic carbocycles. The molecule has 3 rings (SSSR count). The lowest BCUT2D eigenvalue weighted by Crippen LogP contribution is -2.36.